The normalized spacial score (nSPS) is 15.3. The van der Waals surface area contributed by atoms with Gasteiger partial charge >= 0.3 is 29.8 Å². The third-order valence-corrected chi connectivity index (χ3v) is 4.53. The highest BCUT2D eigenvalue weighted by Gasteiger charge is 2.20. The molecule has 0 amide bonds. The highest BCUT2D eigenvalue weighted by Crippen LogP contribution is 2.04. The molecule has 4 atom stereocenters. The van der Waals surface area contributed by atoms with Crippen LogP contribution in [0.5, 0.6) is 0 Å². The van der Waals surface area contributed by atoms with E-state index < -0.39 is 41.9 Å². The summed E-state index contributed by atoms with van der Waals surface area (Å²) in [5.41, 5.74) is 29.7. The molecule has 0 aliphatic carbocycles. The van der Waals surface area contributed by atoms with E-state index in [1.54, 1.807) is 0 Å². The first kappa shape index (κ1) is 42.5. The quantitative estimate of drug-likeness (QED) is 0.0659. The van der Waals surface area contributed by atoms with Crippen LogP contribution < -0.4 is 39.7 Å². The van der Waals surface area contributed by atoms with E-state index in [-0.39, 0.29) is 31.0 Å². The van der Waals surface area contributed by atoms with Crippen LogP contribution in [0.1, 0.15) is 46.0 Å². The molecule has 0 spiro atoms. The molecule has 0 aromatic heterocycles. The van der Waals surface area contributed by atoms with Crippen LogP contribution in [0.15, 0.2) is 4.99 Å². The minimum absolute atomic E-state index is 0.0129. The van der Waals surface area contributed by atoms with Crippen molar-refractivity contribution in [3.05, 3.63) is 0 Å². The van der Waals surface area contributed by atoms with Crippen LogP contribution in [0.3, 0.4) is 0 Å². The molecule has 1 heterocycles. The first-order valence-electron chi connectivity index (χ1n) is 11.8. The molecule has 230 valence electrons. The van der Waals surface area contributed by atoms with Gasteiger partial charge in [-0.05, 0) is 38.1 Å². The summed E-state index contributed by atoms with van der Waals surface area (Å²) in [5.74, 6) is -4.48. The van der Waals surface area contributed by atoms with Gasteiger partial charge < -0.3 is 65.3 Å². The Labute approximate surface area is 226 Å². The van der Waals surface area contributed by atoms with Crippen molar-refractivity contribution >= 4 is 35.8 Å². The summed E-state index contributed by atoms with van der Waals surface area (Å²) >= 11 is 0. The SMILES string of the molecule is CC[C@H](C)[C@H](N)C(=O)O.NC(N)=NCCC[C@H](N)C(=O)O.NCC(=O)O.NCC(=O)O.O=C(O)[C@@H]1CCCN1. The van der Waals surface area contributed by atoms with E-state index >= 15 is 0 Å². The van der Waals surface area contributed by atoms with Gasteiger partial charge in [0.2, 0.25) is 0 Å². The van der Waals surface area contributed by atoms with Gasteiger partial charge in [-0.3, -0.25) is 29.0 Å². The van der Waals surface area contributed by atoms with Gasteiger partial charge in [-0.1, -0.05) is 20.3 Å². The number of nitrogens with two attached hydrogens (primary N) is 6. The predicted molar refractivity (Wildman–Crippen MR) is 143 cm³/mol. The Morgan fingerprint density at radius 1 is 0.923 bits per heavy atom. The Hall–Kier alpha value is -3.58. The van der Waals surface area contributed by atoms with E-state index in [1.807, 2.05) is 13.8 Å². The van der Waals surface area contributed by atoms with Gasteiger partial charge in [0.05, 0.1) is 13.1 Å². The zero-order chi connectivity index (χ0) is 31.6. The van der Waals surface area contributed by atoms with E-state index in [0.717, 1.165) is 25.8 Å². The Bertz CT molecular complexity index is 715. The molecule has 18 N–H and O–H groups in total. The van der Waals surface area contributed by atoms with Gasteiger partial charge in [-0.25, -0.2) is 0 Å². The van der Waals surface area contributed by atoms with Crippen LogP contribution in [0.25, 0.3) is 0 Å². The molecule has 0 saturated carbocycles. The first-order valence-corrected chi connectivity index (χ1v) is 11.8. The number of rotatable bonds is 11. The number of guanidine groups is 1. The average Bonchev–Trinajstić information content (AvgIpc) is 3.42. The second-order valence-electron chi connectivity index (χ2n) is 7.83. The highest BCUT2D eigenvalue weighted by molar-refractivity contribution is 5.75. The largest absolute Gasteiger partial charge is 0.480 e. The van der Waals surface area contributed by atoms with Crippen LogP contribution in [0.2, 0.25) is 0 Å². The van der Waals surface area contributed by atoms with E-state index in [4.69, 9.17) is 48.5 Å². The number of carboxylic acid groups (broad SMARTS) is 5. The van der Waals surface area contributed by atoms with Gasteiger partial charge in [0.15, 0.2) is 5.96 Å². The van der Waals surface area contributed by atoms with E-state index in [2.05, 4.69) is 21.8 Å². The highest BCUT2D eigenvalue weighted by atomic mass is 16.4. The van der Waals surface area contributed by atoms with Crippen molar-refractivity contribution in [2.45, 2.75) is 64.1 Å². The Balaban J connectivity index is -0.000000204. The maximum Gasteiger partial charge on any atom is 0.320 e. The number of hydrogen-bond acceptors (Lipinski definition) is 11. The summed E-state index contributed by atoms with van der Waals surface area (Å²) < 4.78 is 0. The van der Waals surface area contributed by atoms with Crippen molar-refractivity contribution in [3.63, 3.8) is 0 Å². The molecule has 0 unspecified atom stereocenters. The van der Waals surface area contributed by atoms with Crippen LogP contribution in [-0.4, -0.2) is 106 Å². The van der Waals surface area contributed by atoms with Crippen molar-refractivity contribution in [1.82, 2.24) is 5.32 Å². The smallest absolute Gasteiger partial charge is 0.320 e. The molecule has 1 rings (SSSR count). The lowest BCUT2D eigenvalue weighted by atomic mass is 10.0. The Morgan fingerprint density at radius 2 is 1.38 bits per heavy atom. The van der Waals surface area contributed by atoms with Gasteiger partial charge in [0, 0.05) is 6.54 Å². The fourth-order valence-electron chi connectivity index (χ4n) is 2.04. The summed E-state index contributed by atoms with van der Waals surface area (Å²) in [4.78, 5) is 52.7. The minimum Gasteiger partial charge on any atom is -0.480 e. The summed E-state index contributed by atoms with van der Waals surface area (Å²) in [6.45, 7) is 4.48. The van der Waals surface area contributed by atoms with Crippen molar-refractivity contribution in [2.75, 3.05) is 26.2 Å². The maximum absolute atomic E-state index is 10.2. The van der Waals surface area contributed by atoms with Gasteiger partial charge in [0.1, 0.15) is 18.1 Å². The fourth-order valence-corrected chi connectivity index (χ4v) is 2.04. The molecule has 0 aromatic carbocycles. The molecule has 1 aliphatic heterocycles. The second kappa shape index (κ2) is 27.5. The molecular weight excluding hydrogens is 524 g/mol. The number of aliphatic carboxylic acids is 5. The van der Waals surface area contributed by atoms with Crippen molar-refractivity contribution in [2.24, 2.45) is 45.3 Å². The third-order valence-electron chi connectivity index (χ3n) is 4.53. The number of nitrogens with one attached hydrogen (secondary N) is 1. The molecule has 0 bridgehead atoms. The topological polar surface area (TPSA) is 367 Å². The molecule has 39 heavy (non-hydrogen) atoms. The molecule has 0 aromatic rings. The van der Waals surface area contributed by atoms with Crippen molar-refractivity contribution in [1.29, 1.82) is 0 Å². The molecule has 1 aliphatic rings. The number of hydrogen-bond donors (Lipinski definition) is 12. The van der Waals surface area contributed by atoms with Crippen LogP contribution in [0, 0.1) is 5.92 Å². The van der Waals surface area contributed by atoms with E-state index in [0.29, 0.717) is 19.4 Å². The predicted octanol–water partition coefficient (Wildman–Crippen LogP) is -3.22. The van der Waals surface area contributed by atoms with Crippen LogP contribution in [-0.2, 0) is 24.0 Å². The van der Waals surface area contributed by atoms with Crippen LogP contribution >= 0.6 is 0 Å². The molecular formula is C21H46N8O10. The lowest BCUT2D eigenvalue weighted by Crippen LogP contribution is -2.36. The average molecular weight is 571 g/mol. The molecule has 0 radical (unpaired) electrons. The number of nitrogens with zero attached hydrogens (tertiary/aromatic N) is 1. The van der Waals surface area contributed by atoms with Crippen LogP contribution in [0.4, 0.5) is 0 Å². The number of carbonyl (C=O) groups is 5. The minimum atomic E-state index is -1.00. The van der Waals surface area contributed by atoms with E-state index in [9.17, 15) is 24.0 Å². The molecule has 18 nitrogen and oxygen atoms in total. The molecule has 1 fully saturated rings. The van der Waals surface area contributed by atoms with Gasteiger partial charge in [0.25, 0.3) is 0 Å². The fraction of sp³-hybridized carbons (Fsp3) is 0.714. The van der Waals surface area contributed by atoms with Gasteiger partial charge in [-0.2, -0.15) is 0 Å². The Kier molecular flexibility index (Phi) is 29.9. The summed E-state index contributed by atoms with van der Waals surface area (Å²) in [6, 6.07) is -1.79. The number of carboxylic acids is 5. The lowest BCUT2D eigenvalue weighted by molar-refractivity contribution is -0.140. The first-order chi connectivity index (χ1) is 18.0. The van der Waals surface area contributed by atoms with Gasteiger partial charge in [-0.15, -0.1) is 0 Å². The van der Waals surface area contributed by atoms with Crippen molar-refractivity contribution in [3.8, 4) is 0 Å². The summed E-state index contributed by atoms with van der Waals surface area (Å²) in [7, 11) is 0. The standard InChI is InChI=1S/C6H14N4O2.C6H13NO2.C5H9NO2.2C2H5NO2/c7-4(5(11)12)2-1-3-10-6(8)9;1-3-4(2)5(7)6(8)9;7-5(8)4-2-1-3-6-4;2*3-1-2(4)5/h4H,1-3,7H2,(H,11,12)(H4,8,9,10);4-5H,3,7H2,1-2H3,(H,8,9);4,6H,1-3H2,(H,7,8);2*1,3H2,(H,4,5)/t4-;4-,5-;4-;;/m000../s1. The second-order valence-corrected chi connectivity index (χ2v) is 7.83. The third kappa shape index (κ3) is 34.4. The number of aliphatic imine (C=N–C) groups is 1. The Morgan fingerprint density at radius 3 is 1.59 bits per heavy atom. The monoisotopic (exact) mass is 570 g/mol. The zero-order valence-electron chi connectivity index (χ0n) is 22.4. The maximum atomic E-state index is 10.2. The summed E-state index contributed by atoms with van der Waals surface area (Å²) in [5, 5.41) is 43.1. The molecule has 1 saturated heterocycles. The van der Waals surface area contributed by atoms with Crippen molar-refractivity contribution < 1.29 is 49.5 Å². The summed E-state index contributed by atoms with van der Waals surface area (Å²) in [6.07, 6.45) is 3.55. The zero-order valence-corrected chi connectivity index (χ0v) is 22.4. The molecule has 18 heteroatoms. The van der Waals surface area contributed by atoms with E-state index in [1.165, 1.54) is 0 Å². The lowest BCUT2D eigenvalue weighted by Gasteiger charge is -2.11.